The summed E-state index contributed by atoms with van der Waals surface area (Å²) < 4.78 is 1.42. The van der Waals surface area contributed by atoms with Gasteiger partial charge in [0, 0.05) is 11.1 Å². The van der Waals surface area contributed by atoms with Gasteiger partial charge in [-0.2, -0.15) is 0 Å². The summed E-state index contributed by atoms with van der Waals surface area (Å²) in [5, 5.41) is 0. The molecular weight excluding hydrogens is 203 g/mol. The lowest BCUT2D eigenvalue weighted by atomic mass is 10.2. The van der Waals surface area contributed by atoms with Crippen LogP contribution in [0.2, 0.25) is 0 Å². The molecule has 1 rings (SSSR count). The topological polar surface area (TPSA) is 34.1 Å². The van der Waals surface area contributed by atoms with Crippen LogP contribution < -0.4 is 4.43 Å². The summed E-state index contributed by atoms with van der Waals surface area (Å²) in [4.78, 5) is 22.2. The zero-order valence-corrected chi connectivity index (χ0v) is 10.1. The second-order valence-corrected chi connectivity index (χ2v) is 5.18. The molecule has 1 radical (unpaired) electrons. The number of hydrogen-bond donors (Lipinski definition) is 0. The Morgan fingerprint density at radius 2 is 1.80 bits per heavy atom. The van der Waals surface area contributed by atoms with E-state index in [0.29, 0.717) is 23.9 Å². The molecule has 77 valence electrons. The minimum atomic E-state index is -0.275. The lowest BCUT2D eigenvalue weighted by molar-refractivity contribution is -0.117. The fourth-order valence-corrected chi connectivity index (χ4v) is 2.45. The van der Waals surface area contributed by atoms with Crippen LogP contribution in [-0.4, -0.2) is 25.6 Å². The quantitative estimate of drug-likeness (QED) is 0.673. The molecule has 0 saturated heterocycles. The van der Waals surface area contributed by atoms with E-state index in [9.17, 15) is 9.59 Å². The zero-order chi connectivity index (χ0) is 11.1. The molecule has 0 spiro atoms. The van der Waals surface area contributed by atoms with Crippen molar-refractivity contribution in [2.45, 2.75) is 26.2 Å². The van der Waals surface area contributed by atoms with E-state index >= 15 is 0 Å². The SMILES string of the molecule is CC(=O)CCC[C](=O)[Al][c]1ccccc1. The molecule has 0 aliphatic heterocycles. The third-order valence-electron chi connectivity index (χ3n) is 2.08. The first-order valence-corrected chi connectivity index (χ1v) is 6.26. The Kier molecular flexibility index (Phi) is 5.31. The lowest BCUT2D eigenvalue weighted by Gasteiger charge is -1.98. The fourth-order valence-electron chi connectivity index (χ4n) is 1.32. The van der Waals surface area contributed by atoms with Crippen LogP contribution in [-0.2, 0) is 9.59 Å². The number of hydrogen-bond acceptors (Lipinski definition) is 2. The van der Waals surface area contributed by atoms with E-state index in [2.05, 4.69) is 0 Å². The first kappa shape index (κ1) is 12.2. The van der Waals surface area contributed by atoms with E-state index in [1.54, 1.807) is 6.92 Å². The van der Waals surface area contributed by atoms with Gasteiger partial charge in [-0.05, 0) is 19.8 Å². The largest absolute Gasteiger partial charge is 0.359 e. The molecule has 0 saturated carbocycles. The number of rotatable bonds is 6. The third-order valence-corrected chi connectivity index (χ3v) is 3.41. The monoisotopic (exact) mass is 217 g/mol. The van der Waals surface area contributed by atoms with Crippen LogP contribution >= 0.6 is 0 Å². The van der Waals surface area contributed by atoms with E-state index < -0.39 is 0 Å². The van der Waals surface area contributed by atoms with Crippen LogP contribution in [0.15, 0.2) is 30.3 Å². The fraction of sp³-hybridized carbons (Fsp3) is 0.333. The van der Waals surface area contributed by atoms with Crippen molar-refractivity contribution >= 4 is 30.1 Å². The van der Waals surface area contributed by atoms with Crippen LogP contribution in [0.25, 0.3) is 0 Å². The molecule has 0 heterocycles. The van der Waals surface area contributed by atoms with Crippen molar-refractivity contribution in [1.82, 2.24) is 0 Å². The second-order valence-electron chi connectivity index (χ2n) is 3.58. The Balaban J connectivity index is 2.28. The summed E-state index contributed by atoms with van der Waals surface area (Å²) in [6.07, 6.45) is 1.78. The number of benzene rings is 1. The summed E-state index contributed by atoms with van der Waals surface area (Å²) in [6.45, 7) is 1.56. The van der Waals surface area contributed by atoms with Crippen LogP contribution in [0, 0.1) is 0 Å². The van der Waals surface area contributed by atoms with Gasteiger partial charge in [0.25, 0.3) is 0 Å². The van der Waals surface area contributed by atoms with E-state index in [1.165, 1.54) is 0 Å². The molecule has 0 fully saturated rings. The minimum Gasteiger partial charge on any atom is -0.322 e. The number of carbonyl (C=O) groups excluding carboxylic acids is 2. The van der Waals surface area contributed by atoms with Gasteiger partial charge in [0.05, 0.1) is 0 Å². The summed E-state index contributed by atoms with van der Waals surface area (Å²) in [6, 6.07) is 9.82. The van der Waals surface area contributed by atoms with Crippen LogP contribution in [0.5, 0.6) is 0 Å². The normalized spacial score (nSPS) is 9.67. The van der Waals surface area contributed by atoms with Crippen molar-refractivity contribution < 1.29 is 9.59 Å². The van der Waals surface area contributed by atoms with Gasteiger partial charge in [-0.25, -0.2) is 0 Å². The molecule has 2 nitrogen and oxygen atoms in total. The van der Waals surface area contributed by atoms with E-state index in [1.807, 2.05) is 30.3 Å². The van der Waals surface area contributed by atoms with Crippen LogP contribution in [0.4, 0.5) is 0 Å². The molecule has 0 aromatic heterocycles. The molecule has 0 unspecified atom stereocenters. The van der Waals surface area contributed by atoms with Crippen molar-refractivity contribution in [1.29, 1.82) is 0 Å². The molecule has 0 atom stereocenters. The molecule has 0 bridgehead atoms. The zero-order valence-electron chi connectivity index (χ0n) is 8.90. The number of Topliss-reactive ketones (excluding diaryl/α,β-unsaturated/α-hetero) is 1. The smallest absolute Gasteiger partial charge is 0.322 e. The average Bonchev–Trinajstić information content (AvgIpc) is 2.18. The van der Waals surface area contributed by atoms with Gasteiger partial charge in [0.15, 0.2) is 0 Å². The third kappa shape index (κ3) is 5.51. The highest BCUT2D eigenvalue weighted by molar-refractivity contribution is 6.84. The average molecular weight is 217 g/mol. The van der Waals surface area contributed by atoms with Crippen molar-refractivity contribution in [3.63, 3.8) is 0 Å². The number of carbonyl (C=O) groups is 2. The Morgan fingerprint density at radius 3 is 2.40 bits per heavy atom. The molecule has 3 heteroatoms. The minimum absolute atomic E-state index is 0.164. The first-order valence-electron chi connectivity index (χ1n) is 5.10. The van der Waals surface area contributed by atoms with Gasteiger partial charge >= 0.3 is 15.2 Å². The Hall–Kier alpha value is -0.908. The molecular formula is C12H14AlO2. The standard InChI is InChI=1S/C6H9O2.C6H5.Al/c1-6(8)4-2-3-5-7;1-2-4-6-5-3-1;/h2-4H2,1H3;1-5H;. The van der Waals surface area contributed by atoms with Crippen molar-refractivity contribution in [2.75, 3.05) is 0 Å². The molecule has 1 aromatic rings. The Labute approximate surface area is 96.4 Å². The van der Waals surface area contributed by atoms with Gasteiger partial charge in [-0.3, -0.25) is 0 Å². The molecule has 15 heavy (non-hydrogen) atoms. The van der Waals surface area contributed by atoms with Gasteiger partial charge in [0.2, 0.25) is 0 Å². The van der Waals surface area contributed by atoms with Crippen molar-refractivity contribution in [3.8, 4) is 0 Å². The molecule has 1 aromatic carbocycles. The summed E-state index contributed by atoms with van der Waals surface area (Å²) >= 11 is -0.275. The van der Waals surface area contributed by atoms with Gasteiger partial charge in [0.1, 0.15) is 5.78 Å². The van der Waals surface area contributed by atoms with E-state index in [4.69, 9.17) is 0 Å². The maximum Gasteiger partial charge on any atom is 0.359 e. The van der Waals surface area contributed by atoms with Crippen LogP contribution in [0.3, 0.4) is 0 Å². The highest BCUT2D eigenvalue weighted by Gasteiger charge is 2.06. The van der Waals surface area contributed by atoms with Crippen molar-refractivity contribution in [3.05, 3.63) is 30.3 Å². The molecule has 0 aliphatic rings. The molecule has 0 aliphatic carbocycles. The first-order chi connectivity index (χ1) is 7.18. The number of ketones is 1. The van der Waals surface area contributed by atoms with Crippen LogP contribution in [0.1, 0.15) is 26.2 Å². The van der Waals surface area contributed by atoms with E-state index in [0.717, 1.165) is 4.43 Å². The highest BCUT2D eigenvalue weighted by Crippen LogP contribution is 1.96. The Bertz CT molecular complexity index is 333. The summed E-state index contributed by atoms with van der Waals surface area (Å²) in [7, 11) is 0. The highest BCUT2D eigenvalue weighted by atomic mass is 27.1. The maximum atomic E-state index is 11.5. The predicted molar refractivity (Wildman–Crippen MR) is 61.4 cm³/mol. The summed E-state index contributed by atoms with van der Waals surface area (Å²) in [5.74, 6) is 0.164. The molecule has 0 amide bonds. The Morgan fingerprint density at radius 1 is 1.13 bits per heavy atom. The van der Waals surface area contributed by atoms with Gasteiger partial charge < -0.3 is 9.59 Å². The lowest BCUT2D eigenvalue weighted by Crippen LogP contribution is -2.23. The second kappa shape index (κ2) is 6.55. The predicted octanol–water partition coefficient (Wildman–Crippen LogP) is 1.30. The molecule has 0 N–H and O–H groups in total. The van der Waals surface area contributed by atoms with Crippen molar-refractivity contribution in [2.24, 2.45) is 0 Å². The maximum absolute atomic E-state index is 11.5. The summed E-state index contributed by atoms with van der Waals surface area (Å²) in [5.41, 5.74) is 0. The van der Waals surface area contributed by atoms with Gasteiger partial charge in [-0.1, -0.05) is 30.3 Å². The van der Waals surface area contributed by atoms with E-state index in [-0.39, 0.29) is 21.0 Å². The van der Waals surface area contributed by atoms with Gasteiger partial charge in [-0.15, -0.1) is 4.43 Å².